The average Bonchev–Trinajstić information content (AvgIpc) is 2.59. The van der Waals surface area contributed by atoms with Gasteiger partial charge in [0, 0.05) is 18.9 Å². The summed E-state index contributed by atoms with van der Waals surface area (Å²) in [7, 11) is 0. The number of carbonyl (C=O) groups is 2. The van der Waals surface area contributed by atoms with E-state index in [0.717, 1.165) is 15.4 Å². The molecule has 0 saturated heterocycles. The van der Waals surface area contributed by atoms with Gasteiger partial charge in [0.25, 0.3) is 0 Å². The van der Waals surface area contributed by atoms with Crippen molar-refractivity contribution in [3.8, 4) is 0 Å². The minimum atomic E-state index is -1.14. The number of hydrogen-bond donors (Lipinski definition) is 2. The third-order valence-electron chi connectivity index (χ3n) is 2.21. The summed E-state index contributed by atoms with van der Waals surface area (Å²) in [5.74, 6) is 0. The number of carboxylic acid groups (broad SMARTS) is 2. The standard InChI is InChI=1S/C9H8N2O4/c12-8(13)10-3-1-6-2-4-11(9(14)15)7(6)5-10/h1-3,5H,4H2,(H,12,13)(H,14,15). The molecular formula is C9H8N2O4. The molecule has 0 spiro atoms. The van der Waals surface area contributed by atoms with Crippen LogP contribution in [0.5, 0.6) is 0 Å². The van der Waals surface area contributed by atoms with E-state index in [9.17, 15) is 9.59 Å². The van der Waals surface area contributed by atoms with Gasteiger partial charge in [0.1, 0.15) is 0 Å². The Morgan fingerprint density at radius 1 is 1.27 bits per heavy atom. The molecule has 0 aliphatic carbocycles. The first-order valence-corrected chi connectivity index (χ1v) is 4.22. The molecule has 2 aliphatic heterocycles. The number of allylic oxidation sites excluding steroid dienone is 1. The second-order valence-electron chi connectivity index (χ2n) is 3.07. The largest absolute Gasteiger partial charge is 0.465 e. The molecule has 2 rings (SSSR count). The van der Waals surface area contributed by atoms with Gasteiger partial charge < -0.3 is 10.2 Å². The second kappa shape index (κ2) is 3.16. The Hall–Kier alpha value is -2.24. The lowest BCUT2D eigenvalue weighted by molar-refractivity contribution is 0.161. The van der Waals surface area contributed by atoms with Crippen LogP contribution in [0.1, 0.15) is 0 Å². The number of nitrogens with zero attached hydrogens (tertiary/aromatic N) is 2. The molecule has 0 aromatic rings. The lowest BCUT2D eigenvalue weighted by Crippen LogP contribution is -2.29. The molecule has 0 saturated carbocycles. The Balaban J connectivity index is 2.32. The Morgan fingerprint density at radius 2 is 2.00 bits per heavy atom. The molecule has 0 unspecified atom stereocenters. The number of rotatable bonds is 0. The Bertz CT molecular complexity index is 422. The van der Waals surface area contributed by atoms with Crippen molar-refractivity contribution < 1.29 is 19.8 Å². The fourth-order valence-electron chi connectivity index (χ4n) is 1.48. The van der Waals surface area contributed by atoms with Crippen LogP contribution in [0.15, 0.2) is 35.8 Å². The Morgan fingerprint density at radius 3 is 2.60 bits per heavy atom. The lowest BCUT2D eigenvalue weighted by atomic mass is 10.2. The number of fused-ring (bicyclic) bond motifs is 1. The quantitative estimate of drug-likeness (QED) is 0.627. The van der Waals surface area contributed by atoms with Crippen molar-refractivity contribution in [2.75, 3.05) is 6.54 Å². The van der Waals surface area contributed by atoms with Gasteiger partial charge >= 0.3 is 12.2 Å². The monoisotopic (exact) mass is 208 g/mol. The molecule has 2 heterocycles. The van der Waals surface area contributed by atoms with Gasteiger partial charge in [0.2, 0.25) is 0 Å². The van der Waals surface area contributed by atoms with Crippen LogP contribution < -0.4 is 0 Å². The molecule has 2 aliphatic rings. The molecule has 6 nitrogen and oxygen atoms in total. The molecule has 0 aromatic heterocycles. The van der Waals surface area contributed by atoms with E-state index in [1.807, 2.05) is 0 Å². The molecule has 0 atom stereocenters. The first kappa shape index (κ1) is 9.32. The SMILES string of the molecule is O=C(O)N1C=CC2=CCN(C(=O)O)C2=C1. The Kier molecular flexibility index (Phi) is 1.96. The number of hydrogen-bond acceptors (Lipinski definition) is 2. The van der Waals surface area contributed by atoms with E-state index < -0.39 is 12.2 Å². The van der Waals surface area contributed by atoms with Crippen molar-refractivity contribution in [1.29, 1.82) is 0 Å². The van der Waals surface area contributed by atoms with Crippen LogP contribution in [0.25, 0.3) is 0 Å². The van der Waals surface area contributed by atoms with Crippen LogP contribution in [-0.4, -0.2) is 38.7 Å². The van der Waals surface area contributed by atoms with Crippen LogP contribution in [0.4, 0.5) is 9.59 Å². The predicted molar refractivity (Wildman–Crippen MR) is 49.9 cm³/mol. The van der Waals surface area contributed by atoms with Crippen LogP contribution in [0, 0.1) is 0 Å². The van der Waals surface area contributed by atoms with Crippen molar-refractivity contribution in [3.05, 3.63) is 35.8 Å². The zero-order chi connectivity index (χ0) is 11.0. The summed E-state index contributed by atoms with van der Waals surface area (Å²) in [5, 5.41) is 17.6. The van der Waals surface area contributed by atoms with Crippen molar-refractivity contribution in [2.45, 2.75) is 0 Å². The first-order chi connectivity index (χ1) is 7.09. The zero-order valence-corrected chi connectivity index (χ0v) is 7.62. The molecule has 15 heavy (non-hydrogen) atoms. The van der Waals surface area contributed by atoms with Gasteiger partial charge in [-0.2, -0.15) is 0 Å². The van der Waals surface area contributed by atoms with Gasteiger partial charge in [-0.05, 0) is 11.6 Å². The third kappa shape index (κ3) is 1.45. The highest BCUT2D eigenvalue weighted by Crippen LogP contribution is 2.27. The van der Waals surface area contributed by atoms with Crippen molar-refractivity contribution in [1.82, 2.24) is 9.80 Å². The van der Waals surface area contributed by atoms with Gasteiger partial charge in [0.15, 0.2) is 0 Å². The predicted octanol–water partition coefficient (Wildman–Crippen LogP) is 1.26. The zero-order valence-electron chi connectivity index (χ0n) is 7.62. The van der Waals surface area contributed by atoms with E-state index in [-0.39, 0.29) is 6.54 Å². The van der Waals surface area contributed by atoms with Crippen molar-refractivity contribution in [3.63, 3.8) is 0 Å². The van der Waals surface area contributed by atoms with Gasteiger partial charge in [-0.15, -0.1) is 0 Å². The van der Waals surface area contributed by atoms with Gasteiger partial charge in [0.05, 0.1) is 5.70 Å². The third-order valence-corrected chi connectivity index (χ3v) is 2.21. The molecule has 2 amide bonds. The topological polar surface area (TPSA) is 81.1 Å². The summed E-state index contributed by atoms with van der Waals surface area (Å²) < 4.78 is 0. The molecule has 6 heteroatoms. The molecule has 0 aromatic carbocycles. The maximum absolute atomic E-state index is 10.8. The molecular weight excluding hydrogens is 200 g/mol. The highest BCUT2D eigenvalue weighted by atomic mass is 16.4. The lowest BCUT2D eigenvalue weighted by Gasteiger charge is -2.21. The fourth-order valence-corrected chi connectivity index (χ4v) is 1.48. The van der Waals surface area contributed by atoms with Crippen LogP contribution in [0.3, 0.4) is 0 Å². The molecule has 78 valence electrons. The summed E-state index contributed by atoms with van der Waals surface area (Å²) in [6, 6.07) is 0. The summed E-state index contributed by atoms with van der Waals surface area (Å²) in [4.78, 5) is 23.5. The van der Waals surface area contributed by atoms with Crippen LogP contribution >= 0.6 is 0 Å². The van der Waals surface area contributed by atoms with E-state index in [0.29, 0.717) is 5.70 Å². The van der Waals surface area contributed by atoms with Crippen LogP contribution in [0.2, 0.25) is 0 Å². The van der Waals surface area contributed by atoms with Crippen molar-refractivity contribution in [2.24, 2.45) is 0 Å². The highest BCUT2D eigenvalue weighted by molar-refractivity contribution is 5.74. The van der Waals surface area contributed by atoms with Crippen LogP contribution in [-0.2, 0) is 0 Å². The number of amides is 2. The minimum Gasteiger partial charge on any atom is -0.465 e. The second-order valence-corrected chi connectivity index (χ2v) is 3.07. The van der Waals surface area contributed by atoms with Gasteiger partial charge in [-0.1, -0.05) is 6.08 Å². The first-order valence-electron chi connectivity index (χ1n) is 4.22. The highest BCUT2D eigenvalue weighted by Gasteiger charge is 2.27. The van der Waals surface area contributed by atoms with E-state index in [1.165, 1.54) is 12.4 Å². The van der Waals surface area contributed by atoms with Crippen molar-refractivity contribution >= 4 is 12.2 Å². The van der Waals surface area contributed by atoms with Gasteiger partial charge in [-0.25, -0.2) is 9.59 Å². The van der Waals surface area contributed by atoms with E-state index >= 15 is 0 Å². The maximum Gasteiger partial charge on any atom is 0.415 e. The van der Waals surface area contributed by atoms with E-state index in [4.69, 9.17) is 10.2 Å². The maximum atomic E-state index is 10.8. The fraction of sp³-hybridized carbons (Fsp3) is 0.111. The minimum absolute atomic E-state index is 0.258. The summed E-state index contributed by atoms with van der Waals surface area (Å²) >= 11 is 0. The van der Waals surface area contributed by atoms with E-state index in [2.05, 4.69) is 0 Å². The van der Waals surface area contributed by atoms with E-state index in [1.54, 1.807) is 12.2 Å². The molecule has 0 radical (unpaired) electrons. The molecule has 0 fully saturated rings. The molecule has 0 bridgehead atoms. The summed E-state index contributed by atoms with van der Waals surface area (Å²) in [6.45, 7) is 0.258. The molecule has 2 N–H and O–H groups in total. The summed E-state index contributed by atoms with van der Waals surface area (Å²) in [5.41, 5.74) is 1.13. The average molecular weight is 208 g/mol. The Labute approximate surface area is 85.0 Å². The smallest absolute Gasteiger partial charge is 0.415 e. The van der Waals surface area contributed by atoms with Gasteiger partial charge in [-0.3, -0.25) is 9.80 Å². The normalized spacial score (nSPS) is 18.4. The summed E-state index contributed by atoms with van der Waals surface area (Å²) in [6.07, 6.45) is 3.74.